The zero-order valence-corrected chi connectivity index (χ0v) is 11.5. The Kier molecular flexibility index (Phi) is 3.26. The molecule has 1 amide bonds. The van der Waals surface area contributed by atoms with E-state index in [9.17, 15) is 4.79 Å². The number of nitrogens with one attached hydrogen (secondary N) is 1. The molecule has 0 atom stereocenters. The molecule has 1 aromatic carbocycles. The molecule has 5 heteroatoms. The van der Waals surface area contributed by atoms with E-state index in [4.69, 9.17) is 0 Å². The standard InChI is InChI=1S/C15H18N4O/c1-19-10-13(17-18-19)14(20)16-11-15(8-5-9-15)12-6-3-2-4-7-12/h2-4,6-7,10H,5,8-9,11H2,1H3,(H,16,20). The number of carbonyl (C=O) groups is 1. The maximum atomic E-state index is 12.0. The number of nitrogens with zero attached hydrogens (tertiary/aromatic N) is 3. The lowest BCUT2D eigenvalue weighted by Crippen LogP contribution is -2.45. The monoisotopic (exact) mass is 270 g/mol. The van der Waals surface area contributed by atoms with Crippen LogP contribution in [-0.2, 0) is 12.5 Å². The summed E-state index contributed by atoms with van der Waals surface area (Å²) in [4.78, 5) is 12.0. The highest BCUT2D eigenvalue weighted by Crippen LogP contribution is 2.43. The number of rotatable bonds is 4. The summed E-state index contributed by atoms with van der Waals surface area (Å²) in [5, 5.41) is 10.6. The molecule has 0 radical (unpaired) electrons. The largest absolute Gasteiger partial charge is 0.350 e. The van der Waals surface area contributed by atoms with Crippen LogP contribution >= 0.6 is 0 Å². The first-order valence-electron chi connectivity index (χ1n) is 6.90. The van der Waals surface area contributed by atoms with Crippen molar-refractivity contribution >= 4 is 5.91 Å². The van der Waals surface area contributed by atoms with Crippen molar-refractivity contribution < 1.29 is 4.79 Å². The molecular formula is C15H18N4O. The van der Waals surface area contributed by atoms with Gasteiger partial charge in [0.15, 0.2) is 5.69 Å². The predicted molar refractivity (Wildman–Crippen MR) is 75.3 cm³/mol. The van der Waals surface area contributed by atoms with Gasteiger partial charge in [0.25, 0.3) is 5.91 Å². The number of aryl methyl sites for hydroxylation is 1. The van der Waals surface area contributed by atoms with Gasteiger partial charge in [-0.05, 0) is 18.4 Å². The highest BCUT2D eigenvalue weighted by atomic mass is 16.2. The summed E-state index contributed by atoms with van der Waals surface area (Å²) in [6.45, 7) is 0.659. The van der Waals surface area contributed by atoms with E-state index >= 15 is 0 Å². The number of carbonyl (C=O) groups excluding carboxylic acids is 1. The maximum absolute atomic E-state index is 12.0. The van der Waals surface area contributed by atoms with Gasteiger partial charge >= 0.3 is 0 Å². The first-order chi connectivity index (χ1) is 9.70. The molecule has 1 aromatic heterocycles. The van der Waals surface area contributed by atoms with E-state index in [1.165, 1.54) is 16.7 Å². The molecular weight excluding hydrogens is 252 g/mol. The summed E-state index contributed by atoms with van der Waals surface area (Å²) in [7, 11) is 1.75. The van der Waals surface area contributed by atoms with Crippen molar-refractivity contribution in [2.45, 2.75) is 24.7 Å². The Morgan fingerprint density at radius 3 is 2.65 bits per heavy atom. The molecule has 20 heavy (non-hydrogen) atoms. The van der Waals surface area contributed by atoms with Crippen LogP contribution < -0.4 is 5.32 Å². The molecule has 0 unspecified atom stereocenters. The van der Waals surface area contributed by atoms with Crippen LogP contribution in [0.2, 0.25) is 0 Å². The summed E-state index contributed by atoms with van der Waals surface area (Å²) in [5.41, 5.74) is 1.78. The molecule has 1 aliphatic rings. The summed E-state index contributed by atoms with van der Waals surface area (Å²) in [5.74, 6) is -0.152. The molecule has 104 valence electrons. The smallest absolute Gasteiger partial charge is 0.273 e. The first-order valence-corrected chi connectivity index (χ1v) is 6.90. The summed E-state index contributed by atoms with van der Waals surface area (Å²) >= 11 is 0. The van der Waals surface area contributed by atoms with Gasteiger partial charge in [-0.15, -0.1) is 5.10 Å². The fourth-order valence-corrected chi connectivity index (χ4v) is 2.75. The Labute approximate surface area is 118 Å². The maximum Gasteiger partial charge on any atom is 0.273 e. The number of hydrogen-bond acceptors (Lipinski definition) is 3. The molecule has 1 N–H and O–H groups in total. The highest BCUT2D eigenvalue weighted by molar-refractivity contribution is 5.91. The Bertz CT molecular complexity index is 601. The third kappa shape index (κ3) is 2.31. The lowest BCUT2D eigenvalue weighted by molar-refractivity contribution is 0.0922. The fourth-order valence-electron chi connectivity index (χ4n) is 2.75. The van der Waals surface area contributed by atoms with Crippen molar-refractivity contribution in [2.24, 2.45) is 7.05 Å². The van der Waals surface area contributed by atoms with E-state index < -0.39 is 0 Å². The molecule has 1 heterocycles. The van der Waals surface area contributed by atoms with Crippen LogP contribution in [0, 0.1) is 0 Å². The Morgan fingerprint density at radius 2 is 2.10 bits per heavy atom. The van der Waals surface area contributed by atoms with Gasteiger partial charge in [0.05, 0.1) is 6.20 Å². The van der Waals surface area contributed by atoms with Crippen LogP contribution in [0.4, 0.5) is 0 Å². The topological polar surface area (TPSA) is 59.8 Å². The quantitative estimate of drug-likeness (QED) is 0.919. The fraction of sp³-hybridized carbons (Fsp3) is 0.400. The predicted octanol–water partition coefficient (Wildman–Crippen LogP) is 1.67. The zero-order chi connectivity index (χ0) is 14.0. The van der Waals surface area contributed by atoms with Crippen molar-refractivity contribution in [1.29, 1.82) is 0 Å². The lowest BCUT2D eigenvalue weighted by atomic mass is 9.64. The number of amides is 1. The summed E-state index contributed by atoms with van der Waals surface area (Å²) in [6.07, 6.45) is 5.09. The van der Waals surface area contributed by atoms with Gasteiger partial charge in [0.2, 0.25) is 0 Å². The molecule has 1 saturated carbocycles. The minimum absolute atomic E-state index is 0.0964. The average Bonchev–Trinajstić information content (AvgIpc) is 2.85. The molecule has 5 nitrogen and oxygen atoms in total. The Morgan fingerprint density at radius 1 is 1.35 bits per heavy atom. The normalized spacial score (nSPS) is 16.4. The van der Waals surface area contributed by atoms with Crippen molar-refractivity contribution in [1.82, 2.24) is 20.3 Å². The van der Waals surface area contributed by atoms with Crippen molar-refractivity contribution in [2.75, 3.05) is 6.54 Å². The number of benzene rings is 1. The van der Waals surface area contributed by atoms with Gasteiger partial charge in [-0.1, -0.05) is 42.0 Å². The molecule has 0 bridgehead atoms. The van der Waals surface area contributed by atoms with Gasteiger partial charge < -0.3 is 5.32 Å². The second-order valence-electron chi connectivity index (χ2n) is 5.46. The van der Waals surface area contributed by atoms with E-state index in [2.05, 4.69) is 39.9 Å². The van der Waals surface area contributed by atoms with Crippen LogP contribution in [0.25, 0.3) is 0 Å². The van der Waals surface area contributed by atoms with Gasteiger partial charge in [-0.3, -0.25) is 9.48 Å². The van der Waals surface area contributed by atoms with E-state index in [1.807, 2.05) is 6.07 Å². The van der Waals surface area contributed by atoms with Crippen molar-refractivity contribution in [3.63, 3.8) is 0 Å². The van der Waals surface area contributed by atoms with Crippen molar-refractivity contribution in [3.05, 3.63) is 47.8 Å². The molecule has 2 aromatic rings. The van der Waals surface area contributed by atoms with Gasteiger partial charge in [0, 0.05) is 19.0 Å². The van der Waals surface area contributed by atoms with Crippen molar-refractivity contribution in [3.8, 4) is 0 Å². The van der Waals surface area contributed by atoms with Gasteiger partial charge in [0.1, 0.15) is 0 Å². The summed E-state index contributed by atoms with van der Waals surface area (Å²) < 4.78 is 1.53. The second kappa shape index (κ2) is 5.07. The molecule has 1 aliphatic carbocycles. The Hall–Kier alpha value is -2.17. The molecule has 0 saturated heterocycles. The van der Waals surface area contributed by atoms with Crippen LogP contribution in [0.15, 0.2) is 36.5 Å². The molecule has 0 aliphatic heterocycles. The van der Waals surface area contributed by atoms with E-state index in [0.29, 0.717) is 12.2 Å². The van der Waals surface area contributed by atoms with E-state index in [1.54, 1.807) is 13.2 Å². The van der Waals surface area contributed by atoms with Crippen LogP contribution in [-0.4, -0.2) is 27.4 Å². The zero-order valence-electron chi connectivity index (χ0n) is 11.5. The molecule has 1 fully saturated rings. The van der Waals surface area contributed by atoms with Gasteiger partial charge in [-0.25, -0.2) is 0 Å². The number of aromatic nitrogens is 3. The summed E-state index contributed by atoms with van der Waals surface area (Å²) in [6, 6.07) is 10.4. The molecule has 0 spiro atoms. The van der Waals surface area contributed by atoms with E-state index in [-0.39, 0.29) is 11.3 Å². The third-order valence-corrected chi connectivity index (χ3v) is 4.12. The van der Waals surface area contributed by atoms with Gasteiger partial charge in [-0.2, -0.15) is 0 Å². The Balaban J connectivity index is 1.69. The van der Waals surface area contributed by atoms with Crippen LogP contribution in [0.3, 0.4) is 0 Å². The minimum Gasteiger partial charge on any atom is -0.350 e. The average molecular weight is 270 g/mol. The first kappa shape index (κ1) is 12.8. The van der Waals surface area contributed by atoms with E-state index in [0.717, 1.165) is 12.8 Å². The van der Waals surface area contributed by atoms with Crippen LogP contribution in [0.1, 0.15) is 35.3 Å². The second-order valence-corrected chi connectivity index (χ2v) is 5.46. The lowest BCUT2D eigenvalue weighted by Gasteiger charge is -2.42. The number of hydrogen-bond donors (Lipinski definition) is 1. The SMILES string of the molecule is Cn1cc(C(=O)NCC2(c3ccccc3)CCC2)nn1. The van der Waals surface area contributed by atoms with Crippen LogP contribution in [0.5, 0.6) is 0 Å². The minimum atomic E-state index is -0.152. The highest BCUT2D eigenvalue weighted by Gasteiger charge is 2.38. The third-order valence-electron chi connectivity index (χ3n) is 4.12. The molecule has 3 rings (SSSR count).